The van der Waals surface area contributed by atoms with Gasteiger partial charge < -0.3 is 20.5 Å². The lowest BCUT2D eigenvalue weighted by molar-refractivity contribution is -0.137. The predicted molar refractivity (Wildman–Crippen MR) is 131 cm³/mol. The zero-order valence-electron chi connectivity index (χ0n) is 20.0. The molecule has 0 spiro atoms. The Morgan fingerprint density at radius 3 is 2.03 bits per heavy atom. The molecule has 182 valence electrons. The quantitative estimate of drug-likeness (QED) is 0.445. The third-order valence-electron chi connectivity index (χ3n) is 6.72. The molecule has 0 heterocycles. The Kier molecular flexibility index (Phi) is 8.68. The van der Waals surface area contributed by atoms with Crippen molar-refractivity contribution in [2.24, 2.45) is 5.92 Å². The van der Waals surface area contributed by atoms with Crippen molar-refractivity contribution in [3.8, 4) is 11.1 Å². The second kappa shape index (κ2) is 11.7. The molecule has 0 saturated carbocycles. The lowest BCUT2D eigenvalue weighted by atomic mass is 9.95. The largest absolute Gasteiger partial charge is 0.481 e. The molecule has 0 aromatic heterocycles. The van der Waals surface area contributed by atoms with Gasteiger partial charge in [-0.25, -0.2) is 4.79 Å². The molecule has 7 heteroatoms. The van der Waals surface area contributed by atoms with Crippen molar-refractivity contribution in [3.05, 3.63) is 59.7 Å². The predicted octanol–water partition coefficient (Wildman–Crippen LogP) is 4.70. The molecular weight excluding hydrogens is 432 g/mol. The number of hydrogen-bond acceptors (Lipinski definition) is 4. The molecular formula is C27H34N2O5. The zero-order valence-corrected chi connectivity index (χ0v) is 20.0. The number of amides is 2. The summed E-state index contributed by atoms with van der Waals surface area (Å²) in [7, 11) is 0. The van der Waals surface area contributed by atoms with Crippen molar-refractivity contribution >= 4 is 18.0 Å². The number of benzene rings is 2. The molecule has 3 N–H and O–H groups in total. The first-order valence-corrected chi connectivity index (χ1v) is 12.0. The smallest absolute Gasteiger partial charge is 0.407 e. The summed E-state index contributed by atoms with van der Waals surface area (Å²) in [6, 6.07) is 15.0. The second-order valence-electron chi connectivity index (χ2n) is 8.83. The van der Waals surface area contributed by atoms with Crippen molar-refractivity contribution in [1.29, 1.82) is 0 Å². The van der Waals surface area contributed by atoms with E-state index in [1.165, 1.54) is 0 Å². The van der Waals surface area contributed by atoms with Gasteiger partial charge in [-0.05, 0) is 41.5 Å². The molecule has 0 fully saturated rings. The number of carbonyl (C=O) groups excluding carboxylic acids is 2. The molecule has 3 rings (SSSR count). The van der Waals surface area contributed by atoms with E-state index in [0.717, 1.165) is 35.1 Å². The van der Waals surface area contributed by atoms with E-state index in [1.54, 1.807) is 0 Å². The molecule has 2 amide bonds. The number of rotatable bonds is 11. The van der Waals surface area contributed by atoms with Crippen LogP contribution in [0.2, 0.25) is 0 Å². The van der Waals surface area contributed by atoms with Crippen LogP contribution in [0.1, 0.15) is 63.5 Å². The Hall–Kier alpha value is -3.35. The summed E-state index contributed by atoms with van der Waals surface area (Å²) in [5, 5.41) is 14.6. The van der Waals surface area contributed by atoms with E-state index in [9.17, 15) is 14.4 Å². The van der Waals surface area contributed by atoms with E-state index >= 15 is 0 Å². The van der Waals surface area contributed by atoms with Crippen molar-refractivity contribution in [2.75, 3.05) is 6.61 Å². The van der Waals surface area contributed by atoms with Gasteiger partial charge in [-0.1, -0.05) is 75.2 Å². The van der Waals surface area contributed by atoms with E-state index in [4.69, 9.17) is 9.84 Å². The summed E-state index contributed by atoms with van der Waals surface area (Å²) in [5.74, 6) is -1.22. The molecule has 0 radical (unpaired) electrons. The Balaban J connectivity index is 1.65. The first-order valence-electron chi connectivity index (χ1n) is 12.0. The van der Waals surface area contributed by atoms with E-state index in [1.807, 2.05) is 43.3 Å². The maximum Gasteiger partial charge on any atom is 0.407 e. The molecule has 1 aliphatic carbocycles. The summed E-state index contributed by atoms with van der Waals surface area (Å²) >= 11 is 0. The van der Waals surface area contributed by atoms with E-state index in [0.29, 0.717) is 5.92 Å². The maximum atomic E-state index is 12.9. The lowest BCUT2D eigenvalue weighted by Crippen LogP contribution is -2.50. The molecule has 2 atom stereocenters. The van der Waals surface area contributed by atoms with Crippen molar-refractivity contribution in [3.63, 3.8) is 0 Å². The van der Waals surface area contributed by atoms with Crippen LogP contribution in [-0.2, 0) is 14.3 Å². The molecule has 0 bridgehead atoms. The summed E-state index contributed by atoms with van der Waals surface area (Å²) < 4.78 is 5.54. The Morgan fingerprint density at radius 1 is 0.941 bits per heavy atom. The van der Waals surface area contributed by atoms with Crippen LogP contribution in [0.5, 0.6) is 0 Å². The highest BCUT2D eigenvalue weighted by atomic mass is 16.5. The third kappa shape index (κ3) is 5.95. The SMILES string of the molecule is CCC(CC)C(C)NC(=O)C(CCC(=O)O)NC(=O)OCC1c2ccccc2-c2ccccc21. The normalized spacial score (nSPS) is 14.1. The number of alkyl carbamates (subject to hydrolysis) is 1. The van der Waals surface area contributed by atoms with Crippen LogP contribution < -0.4 is 10.6 Å². The fraction of sp³-hybridized carbons (Fsp3) is 0.444. The van der Waals surface area contributed by atoms with Gasteiger partial charge in [0, 0.05) is 18.4 Å². The van der Waals surface area contributed by atoms with Gasteiger partial charge in [0.2, 0.25) is 5.91 Å². The van der Waals surface area contributed by atoms with Gasteiger partial charge in [0.1, 0.15) is 12.6 Å². The van der Waals surface area contributed by atoms with Gasteiger partial charge in [-0.3, -0.25) is 9.59 Å². The average molecular weight is 467 g/mol. The Labute approximate surface area is 200 Å². The first kappa shape index (κ1) is 25.3. The number of aliphatic carboxylic acids is 1. The zero-order chi connectivity index (χ0) is 24.7. The molecule has 2 aromatic rings. The molecule has 1 aliphatic rings. The van der Waals surface area contributed by atoms with Gasteiger partial charge in [-0.15, -0.1) is 0 Å². The van der Waals surface area contributed by atoms with Crippen LogP contribution in [-0.4, -0.2) is 41.8 Å². The number of nitrogens with one attached hydrogen (secondary N) is 2. The van der Waals surface area contributed by atoms with Gasteiger partial charge in [0.25, 0.3) is 0 Å². The highest BCUT2D eigenvalue weighted by Crippen LogP contribution is 2.44. The number of carboxylic acid groups (broad SMARTS) is 1. The minimum absolute atomic E-state index is 0.0129. The number of hydrogen-bond donors (Lipinski definition) is 3. The van der Waals surface area contributed by atoms with Crippen molar-refractivity contribution in [2.45, 2.75) is 64.5 Å². The molecule has 0 aliphatic heterocycles. The van der Waals surface area contributed by atoms with Gasteiger partial charge in [0.05, 0.1) is 0 Å². The first-order chi connectivity index (χ1) is 16.3. The fourth-order valence-electron chi connectivity index (χ4n) is 4.76. The van der Waals surface area contributed by atoms with E-state index in [-0.39, 0.29) is 31.4 Å². The third-order valence-corrected chi connectivity index (χ3v) is 6.72. The number of carboxylic acids is 1. The van der Waals surface area contributed by atoms with E-state index in [2.05, 4.69) is 36.6 Å². The summed E-state index contributed by atoms with van der Waals surface area (Å²) in [6.45, 7) is 6.18. The number of ether oxygens (including phenoxy) is 1. The van der Waals surface area contributed by atoms with Gasteiger partial charge >= 0.3 is 12.1 Å². The summed E-state index contributed by atoms with van der Waals surface area (Å²) in [5.41, 5.74) is 4.44. The van der Waals surface area contributed by atoms with E-state index < -0.39 is 24.0 Å². The van der Waals surface area contributed by atoms with Crippen molar-refractivity contribution < 1.29 is 24.2 Å². The number of carbonyl (C=O) groups is 3. The van der Waals surface area contributed by atoms with Crippen LogP contribution in [0.25, 0.3) is 11.1 Å². The Bertz CT molecular complexity index is 972. The molecule has 2 unspecified atom stereocenters. The fourth-order valence-corrected chi connectivity index (χ4v) is 4.76. The van der Waals surface area contributed by atoms with Crippen LogP contribution >= 0.6 is 0 Å². The topological polar surface area (TPSA) is 105 Å². The minimum atomic E-state index is -1.03. The highest BCUT2D eigenvalue weighted by molar-refractivity contribution is 5.86. The van der Waals surface area contributed by atoms with Gasteiger partial charge in [0.15, 0.2) is 0 Å². The van der Waals surface area contributed by atoms with Gasteiger partial charge in [-0.2, -0.15) is 0 Å². The van der Waals surface area contributed by atoms with Crippen LogP contribution in [0.15, 0.2) is 48.5 Å². The number of fused-ring (bicyclic) bond motifs is 3. The molecule has 2 aromatic carbocycles. The maximum absolute atomic E-state index is 12.9. The summed E-state index contributed by atoms with van der Waals surface area (Å²) in [6.07, 6.45) is 0.847. The van der Waals surface area contributed by atoms with Crippen LogP contribution in [0.3, 0.4) is 0 Å². The highest BCUT2D eigenvalue weighted by Gasteiger charge is 2.30. The van der Waals surface area contributed by atoms with Crippen LogP contribution in [0.4, 0.5) is 4.79 Å². The lowest BCUT2D eigenvalue weighted by Gasteiger charge is -2.25. The molecule has 34 heavy (non-hydrogen) atoms. The minimum Gasteiger partial charge on any atom is -0.481 e. The monoisotopic (exact) mass is 466 g/mol. The molecule has 0 saturated heterocycles. The standard InChI is InChI=1S/C27H34N2O5/c1-4-18(5-2)17(3)28-26(32)24(14-15-25(30)31)29-27(33)34-16-23-21-12-8-6-10-19(21)20-11-7-9-13-22(20)23/h6-13,17-18,23-24H,4-5,14-16H2,1-3H3,(H,28,32)(H,29,33)(H,30,31). The second-order valence-corrected chi connectivity index (χ2v) is 8.83. The van der Waals surface area contributed by atoms with Crippen molar-refractivity contribution in [1.82, 2.24) is 10.6 Å². The summed E-state index contributed by atoms with van der Waals surface area (Å²) in [4.78, 5) is 36.6. The molecule has 7 nitrogen and oxygen atoms in total. The van der Waals surface area contributed by atoms with Crippen LogP contribution in [0, 0.1) is 5.92 Å². The average Bonchev–Trinajstić information content (AvgIpc) is 3.14. The Morgan fingerprint density at radius 2 is 1.50 bits per heavy atom.